The van der Waals surface area contributed by atoms with E-state index in [-0.39, 0.29) is 11.4 Å². The second-order valence-corrected chi connectivity index (χ2v) is 3.10. The van der Waals surface area contributed by atoms with E-state index in [1.807, 2.05) is 13.8 Å². The number of nitro groups is 2. The van der Waals surface area contributed by atoms with Crippen LogP contribution in [0.5, 0.6) is 0 Å². The van der Waals surface area contributed by atoms with Crippen LogP contribution in [0.25, 0.3) is 0 Å². The summed E-state index contributed by atoms with van der Waals surface area (Å²) in [5, 5.41) is 20.6. The van der Waals surface area contributed by atoms with Crippen LogP contribution in [-0.4, -0.2) is 9.85 Å². The summed E-state index contributed by atoms with van der Waals surface area (Å²) in [6, 6.07) is 3.31. The maximum absolute atomic E-state index is 10.3. The minimum atomic E-state index is -0.683. The van der Waals surface area contributed by atoms with Crippen molar-refractivity contribution in [2.45, 2.75) is 13.8 Å². The highest BCUT2D eigenvalue weighted by atomic mass is 79.9. The van der Waals surface area contributed by atoms with Crippen LogP contribution in [0, 0.1) is 20.2 Å². The predicted molar refractivity (Wildman–Crippen MR) is 58.8 cm³/mol. The van der Waals surface area contributed by atoms with Crippen LogP contribution in [0.3, 0.4) is 0 Å². The molecule has 0 atom stereocenters. The highest BCUT2D eigenvalue weighted by Crippen LogP contribution is 2.25. The topological polar surface area (TPSA) is 86.3 Å². The van der Waals surface area contributed by atoms with Crippen LogP contribution >= 0.6 is 15.9 Å². The summed E-state index contributed by atoms with van der Waals surface area (Å²) < 4.78 is 0.313. The van der Waals surface area contributed by atoms with E-state index in [1.165, 1.54) is 12.1 Å². The molecule has 0 fully saturated rings. The Morgan fingerprint density at radius 2 is 1.33 bits per heavy atom. The highest BCUT2D eigenvalue weighted by Gasteiger charge is 2.14. The van der Waals surface area contributed by atoms with Crippen molar-refractivity contribution in [2.75, 3.05) is 0 Å². The summed E-state index contributed by atoms with van der Waals surface area (Å²) in [5.41, 5.74) is -0.609. The molecule has 1 aromatic carbocycles. The van der Waals surface area contributed by atoms with E-state index >= 15 is 0 Å². The Kier molecular flexibility index (Phi) is 5.46. The van der Waals surface area contributed by atoms with E-state index in [9.17, 15) is 20.2 Å². The number of rotatable bonds is 2. The summed E-state index contributed by atoms with van der Waals surface area (Å²) in [7, 11) is 0. The molecule has 0 radical (unpaired) electrons. The Bertz CT molecular complexity index is 349. The molecule has 0 aromatic heterocycles. The van der Waals surface area contributed by atoms with E-state index in [0.29, 0.717) is 4.47 Å². The third-order valence-electron chi connectivity index (χ3n) is 1.29. The molecule has 7 heteroatoms. The van der Waals surface area contributed by atoms with Gasteiger partial charge in [-0.3, -0.25) is 20.2 Å². The lowest BCUT2D eigenvalue weighted by Crippen LogP contribution is -1.92. The maximum Gasteiger partial charge on any atom is 0.277 e. The van der Waals surface area contributed by atoms with Gasteiger partial charge >= 0.3 is 0 Å². The molecule has 0 saturated heterocycles. The highest BCUT2D eigenvalue weighted by molar-refractivity contribution is 9.10. The van der Waals surface area contributed by atoms with Crippen molar-refractivity contribution < 1.29 is 9.85 Å². The molecule has 15 heavy (non-hydrogen) atoms. The lowest BCUT2D eigenvalue weighted by atomic mass is 10.3. The Morgan fingerprint density at radius 1 is 1.00 bits per heavy atom. The van der Waals surface area contributed by atoms with Crippen molar-refractivity contribution in [3.8, 4) is 0 Å². The van der Waals surface area contributed by atoms with Crippen molar-refractivity contribution in [3.63, 3.8) is 0 Å². The summed E-state index contributed by atoms with van der Waals surface area (Å²) in [4.78, 5) is 19.2. The number of nitrogens with zero attached hydrogens (tertiary/aromatic N) is 2. The molecule has 82 valence electrons. The fourth-order valence-corrected chi connectivity index (χ4v) is 1.24. The zero-order valence-corrected chi connectivity index (χ0v) is 9.72. The summed E-state index contributed by atoms with van der Waals surface area (Å²) >= 11 is 2.94. The van der Waals surface area contributed by atoms with Gasteiger partial charge in [-0.15, -0.1) is 0 Å². The molecule has 0 saturated carbocycles. The zero-order valence-electron chi connectivity index (χ0n) is 8.14. The van der Waals surface area contributed by atoms with Crippen LogP contribution in [0.1, 0.15) is 13.8 Å². The van der Waals surface area contributed by atoms with E-state index in [1.54, 1.807) is 0 Å². The first-order valence-electron chi connectivity index (χ1n) is 4.10. The van der Waals surface area contributed by atoms with Gasteiger partial charge in [-0.2, -0.15) is 0 Å². The molecule has 0 aliphatic rings. The molecule has 6 nitrogen and oxygen atoms in total. The van der Waals surface area contributed by atoms with Gasteiger partial charge in [0, 0.05) is 16.6 Å². The SMILES string of the molecule is CC.O=[N+]([O-])c1cc(Br)cc([N+](=O)[O-])c1. The molecular formula is C8H9BrN2O4. The molecule has 0 heterocycles. The van der Waals surface area contributed by atoms with Crippen molar-refractivity contribution in [2.24, 2.45) is 0 Å². The average molecular weight is 277 g/mol. The van der Waals surface area contributed by atoms with Crippen molar-refractivity contribution in [1.82, 2.24) is 0 Å². The smallest absolute Gasteiger partial charge is 0.258 e. The lowest BCUT2D eigenvalue weighted by molar-refractivity contribution is -0.394. The molecule has 0 amide bonds. The van der Waals surface area contributed by atoms with Gasteiger partial charge in [-0.05, 0) is 0 Å². The van der Waals surface area contributed by atoms with Crippen LogP contribution in [0.4, 0.5) is 11.4 Å². The lowest BCUT2D eigenvalue weighted by Gasteiger charge is -1.93. The number of hydrogen-bond acceptors (Lipinski definition) is 4. The van der Waals surface area contributed by atoms with Crippen molar-refractivity contribution in [1.29, 1.82) is 0 Å². The fourth-order valence-electron chi connectivity index (χ4n) is 0.770. The summed E-state index contributed by atoms with van der Waals surface area (Å²) in [6.45, 7) is 4.00. The van der Waals surface area contributed by atoms with Crippen LogP contribution in [-0.2, 0) is 0 Å². The fraction of sp³-hybridized carbons (Fsp3) is 0.250. The Labute approximate surface area is 94.3 Å². The third-order valence-corrected chi connectivity index (χ3v) is 1.75. The first kappa shape index (κ1) is 13.5. The van der Waals surface area contributed by atoms with Crippen LogP contribution < -0.4 is 0 Å². The Morgan fingerprint density at radius 3 is 1.60 bits per heavy atom. The number of halogens is 1. The molecule has 1 aromatic rings. The van der Waals surface area contributed by atoms with Gasteiger partial charge in [0.25, 0.3) is 11.4 Å². The normalized spacial score (nSPS) is 8.73. The van der Waals surface area contributed by atoms with Crippen LogP contribution in [0.15, 0.2) is 22.7 Å². The van der Waals surface area contributed by atoms with Gasteiger partial charge < -0.3 is 0 Å². The van der Waals surface area contributed by atoms with Gasteiger partial charge in [0.1, 0.15) is 0 Å². The molecular weight excluding hydrogens is 268 g/mol. The monoisotopic (exact) mass is 276 g/mol. The van der Waals surface area contributed by atoms with Gasteiger partial charge in [0.15, 0.2) is 0 Å². The second-order valence-electron chi connectivity index (χ2n) is 2.18. The number of hydrogen-bond donors (Lipinski definition) is 0. The molecule has 0 unspecified atom stereocenters. The quantitative estimate of drug-likeness (QED) is 0.613. The molecule has 1 rings (SSSR count). The minimum absolute atomic E-state index is 0.305. The Balaban J connectivity index is 0.000000921. The van der Waals surface area contributed by atoms with E-state index < -0.39 is 9.85 Å². The third kappa shape index (κ3) is 4.03. The predicted octanol–water partition coefficient (Wildman–Crippen LogP) is 3.29. The minimum Gasteiger partial charge on any atom is -0.258 e. The summed E-state index contributed by atoms with van der Waals surface area (Å²) in [5.74, 6) is 0. The molecule has 0 spiro atoms. The van der Waals surface area contributed by atoms with Crippen LogP contribution in [0.2, 0.25) is 0 Å². The van der Waals surface area contributed by atoms with Gasteiger partial charge in [0.2, 0.25) is 0 Å². The number of non-ortho nitro benzene ring substituents is 2. The summed E-state index contributed by atoms with van der Waals surface area (Å²) in [6.07, 6.45) is 0. The molecule has 0 N–H and O–H groups in total. The van der Waals surface area contributed by atoms with Gasteiger partial charge in [-0.1, -0.05) is 29.8 Å². The molecule has 0 bridgehead atoms. The van der Waals surface area contributed by atoms with E-state index in [0.717, 1.165) is 6.07 Å². The van der Waals surface area contributed by atoms with E-state index in [4.69, 9.17) is 0 Å². The standard InChI is InChI=1S/C6H3BrN2O4.C2H6/c7-4-1-5(8(10)11)3-6(2-4)9(12)13;1-2/h1-3H;1-2H3. The molecule has 0 aliphatic heterocycles. The largest absolute Gasteiger partial charge is 0.277 e. The van der Waals surface area contributed by atoms with Gasteiger partial charge in [0.05, 0.1) is 15.9 Å². The van der Waals surface area contributed by atoms with Gasteiger partial charge in [-0.25, -0.2) is 0 Å². The Hall–Kier alpha value is -1.50. The van der Waals surface area contributed by atoms with E-state index in [2.05, 4.69) is 15.9 Å². The zero-order chi connectivity index (χ0) is 12.0. The number of nitro benzene ring substituents is 2. The first-order chi connectivity index (χ1) is 7.00. The van der Waals surface area contributed by atoms with Crippen molar-refractivity contribution in [3.05, 3.63) is 42.9 Å². The van der Waals surface area contributed by atoms with Crippen molar-refractivity contribution >= 4 is 27.3 Å². The average Bonchev–Trinajstić information content (AvgIpc) is 2.19. The second kappa shape index (κ2) is 6.07. The first-order valence-corrected chi connectivity index (χ1v) is 4.89. The number of benzene rings is 1. The molecule has 0 aliphatic carbocycles. The maximum atomic E-state index is 10.3.